The second-order valence-corrected chi connectivity index (χ2v) is 14.7. The second kappa shape index (κ2) is 20.2. The van der Waals surface area contributed by atoms with Crippen LogP contribution in [0, 0.1) is 23.7 Å². The van der Waals surface area contributed by atoms with Gasteiger partial charge in [0, 0.05) is 65.6 Å². The number of carbonyl (C=O) groups excluding carboxylic acids is 3. The Kier molecular flexibility index (Phi) is 15.8. The smallest absolute Gasteiger partial charge is 0.296 e. The molecule has 0 radical (unpaired) electrons. The van der Waals surface area contributed by atoms with Gasteiger partial charge in [0.15, 0.2) is 0 Å². The van der Waals surface area contributed by atoms with Crippen LogP contribution in [0.5, 0.6) is 0 Å². The molecule has 3 N–H and O–H groups in total. The highest BCUT2D eigenvalue weighted by Crippen LogP contribution is 2.29. The van der Waals surface area contributed by atoms with Crippen LogP contribution in [-0.4, -0.2) is 87.6 Å². The molecular formula is C41H58N4O5. The molecule has 2 aliphatic rings. The van der Waals surface area contributed by atoms with Crippen molar-refractivity contribution in [1.82, 2.24) is 20.0 Å². The minimum absolute atomic E-state index is 0.0605. The first-order chi connectivity index (χ1) is 24.1. The van der Waals surface area contributed by atoms with E-state index in [1.165, 1.54) is 17.5 Å². The molecule has 1 aliphatic carbocycles. The van der Waals surface area contributed by atoms with Crippen molar-refractivity contribution in [2.24, 2.45) is 11.8 Å². The first kappa shape index (κ1) is 39.1. The van der Waals surface area contributed by atoms with Gasteiger partial charge in [0.05, 0.1) is 12.1 Å². The summed E-state index contributed by atoms with van der Waals surface area (Å²) in [5.74, 6) is 5.50. The number of aliphatic hydroxyl groups excluding tert-OH is 2. The lowest BCUT2D eigenvalue weighted by Crippen LogP contribution is -2.49. The van der Waals surface area contributed by atoms with Crippen LogP contribution in [0.3, 0.4) is 0 Å². The Morgan fingerprint density at radius 1 is 0.900 bits per heavy atom. The van der Waals surface area contributed by atoms with Crippen molar-refractivity contribution in [3.05, 3.63) is 71.3 Å². The molecule has 4 rings (SSSR count). The zero-order valence-corrected chi connectivity index (χ0v) is 30.4. The zero-order chi connectivity index (χ0) is 35.9. The summed E-state index contributed by atoms with van der Waals surface area (Å²) >= 11 is 0. The third kappa shape index (κ3) is 12.9. The Morgan fingerprint density at radius 2 is 1.54 bits per heavy atom. The molecule has 3 amide bonds. The topological polar surface area (TPSA) is 113 Å². The van der Waals surface area contributed by atoms with Crippen LogP contribution in [0.25, 0.3) is 0 Å². The zero-order valence-electron chi connectivity index (χ0n) is 30.4. The second-order valence-electron chi connectivity index (χ2n) is 14.7. The number of hydrogen-bond acceptors (Lipinski definition) is 6. The average Bonchev–Trinajstić information content (AvgIpc) is 3.54. The van der Waals surface area contributed by atoms with E-state index in [9.17, 15) is 24.6 Å². The standard InChI is InChI=1S/C41H58N4O5/c1-31(2)26-37(46)41(50)36(27-32-14-6-4-7-15-32)42-38(47)20-12-13-23-45(28-33-16-8-5-9-17-33)40(49)22-21-39(48)43(3)24-25-44-29-34-18-10-11-19-35(34)30-44/h5,8-11,16-19,31-32,36-37,41,46,50H,4,6-7,13-15,21-30H2,1-3H3,(H,42,47)/t36-,37+,41-/m1/s1. The fourth-order valence-electron chi connectivity index (χ4n) is 7.13. The summed E-state index contributed by atoms with van der Waals surface area (Å²) < 4.78 is 0. The molecule has 0 bridgehead atoms. The molecule has 0 aromatic heterocycles. The van der Waals surface area contributed by atoms with Crippen LogP contribution >= 0.6 is 0 Å². The first-order valence-corrected chi connectivity index (χ1v) is 18.6. The molecule has 2 aromatic carbocycles. The summed E-state index contributed by atoms with van der Waals surface area (Å²) in [6, 6.07) is 17.5. The van der Waals surface area contributed by atoms with Gasteiger partial charge in [0.25, 0.3) is 5.91 Å². The van der Waals surface area contributed by atoms with Gasteiger partial charge >= 0.3 is 0 Å². The maximum Gasteiger partial charge on any atom is 0.296 e. The van der Waals surface area contributed by atoms with Gasteiger partial charge in [-0.25, -0.2) is 0 Å². The predicted octanol–water partition coefficient (Wildman–Crippen LogP) is 4.89. The van der Waals surface area contributed by atoms with E-state index in [2.05, 4.69) is 46.3 Å². The molecule has 0 unspecified atom stereocenters. The first-order valence-electron chi connectivity index (χ1n) is 18.6. The summed E-state index contributed by atoms with van der Waals surface area (Å²) in [6.07, 6.45) is 5.20. The molecular weight excluding hydrogens is 628 g/mol. The Morgan fingerprint density at radius 3 is 2.20 bits per heavy atom. The summed E-state index contributed by atoms with van der Waals surface area (Å²) in [7, 11) is 1.79. The average molecular weight is 687 g/mol. The number of fused-ring (bicyclic) bond motifs is 1. The van der Waals surface area contributed by atoms with Crippen LogP contribution in [0.1, 0.15) is 94.7 Å². The molecule has 3 atom stereocenters. The number of hydrogen-bond donors (Lipinski definition) is 3. The highest BCUT2D eigenvalue weighted by molar-refractivity contribution is 5.93. The molecule has 1 heterocycles. The highest BCUT2D eigenvalue weighted by Gasteiger charge is 2.31. The number of nitrogens with zero attached hydrogens (tertiary/aromatic N) is 3. The van der Waals surface area contributed by atoms with Gasteiger partial charge in [0.2, 0.25) is 11.8 Å². The van der Waals surface area contributed by atoms with Crippen molar-refractivity contribution < 1.29 is 24.6 Å². The summed E-state index contributed by atoms with van der Waals surface area (Å²) in [5, 5.41) is 24.6. The summed E-state index contributed by atoms with van der Waals surface area (Å²) in [4.78, 5) is 45.1. The van der Waals surface area contributed by atoms with E-state index in [4.69, 9.17) is 0 Å². The van der Waals surface area contributed by atoms with E-state index in [1.807, 2.05) is 44.2 Å². The number of aliphatic hydroxyl groups is 2. The molecule has 1 aliphatic heterocycles. The number of benzene rings is 2. The van der Waals surface area contributed by atoms with Gasteiger partial charge in [-0.2, -0.15) is 0 Å². The largest absolute Gasteiger partial charge is 0.390 e. The van der Waals surface area contributed by atoms with Gasteiger partial charge < -0.3 is 25.3 Å². The molecule has 1 fully saturated rings. The molecule has 50 heavy (non-hydrogen) atoms. The summed E-state index contributed by atoms with van der Waals surface area (Å²) in [5.41, 5.74) is 3.65. The number of amides is 3. The lowest BCUT2D eigenvalue weighted by atomic mass is 9.82. The van der Waals surface area contributed by atoms with Crippen molar-refractivity contribution in [3.8, 4) is 11.8 Å². The van der Waals surface area contributed by atoms with Crippen molar-refractivity contribution >= 4 is 17.7 Å². The fraction of sp³-hybridized carbons (Fsp3) is 0.585. The Labute approximate surface area is 299 Å². The molecule has 0 spiro atoms. The predicted molar refractivity (Wildman–Crippen MR) is 196 cm³/mol. The van der Waals surface area contributed by atoms with E-state index in [1.54, 1.807) is 16.8 Å². The Hall–Kier alpha value is -3.71. The molecule has 1 saturated carbocycles. The van der Waals surface area contributed by atoms with E-state index in [-0.39, 0.29) is 37.0 Å². The van der Waals surface area contributed by atoms with Gasteiger partial charge in [-0.3, -0.25) is 19.3 Å². The molecule has 9 heteroatoms. The van der Waals surface area contributed by atoms with Crippen LogP contribution in [-0.2, 0) is 34.0 Å². The van der Waals surface area contributed by atoms with E-state index in [0.29, 0.717) is 38.4 Å². The van der Waals surface area contributed by atoms with E-state index < -0.39 is 24.2 Å². The monoisotopic (exact) mass is 686 g/mol. The van der Waals surface area contributed by atoms with E-state index >= 15 is 0 Å². The molecule has 0 saturated heterocycles. The maximum atomic E-state index is 13.4. The van der Waals surface area contributed by atoms with Gasteiger partial charge in [-0.1, -0.05) is 106 Å². The highest BCUT2D eigenvalue weighted by atomic mass is 16.3. The minimum atomic E-state index is -1.07. The molecule has 9 nitrogen and oxygen atoms in total. The van der Waals surface area contributed by atoms with Crippen molar-refractivity contribution in [3.63, 3.8) is 0 Å². The minimum Gasteiger partial charge on any atom is -0.390 e. The number of carbonyl (C=O) groups is 3. The van der Waals surface area contributed by atoms with Crippen molar-refractivity contribution in [2.75, 3.05) is 26.7 Å². The van der Waals surface area contributed by atoms with Crippen LogP contribution < -0.4 is 5.32 Å². The third-order valence-corrected chi connectivity index (χ3v) is 10.1. The van der Waals surface area contributed by atoms with Crippen LogP contribution in [0.4, 0.5) is 0 Å². The third-order valence-electron chi connectivity index (χ3n) is 10.1. The normalized spacial score (nSPS) is 16.5. The Balaban J connectivity index is 1.28. The van der Waals surface area contributed by atoms with E-state index in [0.717, 1.165) is 50.9 Å². The lowest BCUT2D eigenvalue weighted by molar-refractivity contribution is -0.136. The van der Waals surface area contributed by atoms with Crippen molar-refractivity contribution in [2.45, 2.75) is 116 Å². The number of likely N-dealkylation sites (N-methyl/N-ethyl adjacent to an activating group) is 1. The number of nitrogens with one attached hydrogen (secondary N) is 1. The quantitative estimate of drug-likeness (QED) is 0.205. The van der Waals surface area contributed by atoms with Gasteiger partial charge in [-0.05, 0) is 47.3 Å². The fourth-order valence-corrected chi connectivity index (χ4v) is 7.13. The van der Waals surface area contributed by atoms with Crippen molar-refractivity contribution in [1.29, 1.82) is 0 Å². The Bertz CT molecular complexity index is 1410. The van der Waals surface area contributed by atoms with Gasteiger partial charge in [0.1, 0.15) is 6.10 Å². The molecule has 2 aromatic rings. The summed E-state index contributed by atoms with van der Waals surface area (Å²) in [6.45, 7) is 7.84. The lowest BCUT2D eigenvalue weighted by Gasteiger charge is -2.32. The number of rotatable bonds is 17. The maximum absolute atomic E-state index is 13.4. The van der Waals surface area contributed by atoms with Gasteiger partial charge in [-0.15, -0.1) is 0 Å². The van der Waals surface area contributed by atoms with Crippen LogP contribution in [0.15, 0.2) is 54.6 Å². The van der Waals surface area contributed by atoms with Crippen LogP contribution in [0.2, 0.25) is 0 Å². The molecule has 272 valence electrons. The SMILES string of the molecule is CC(C)C[C@H](O)[C@H](O)[C@@H](CC1CCCCC1)NC(=O)C#CCCN(Cc1ccccc1)C(=O)CCC(=O)N(C)CCN1Cc2ccccc2C1.